The van der Waals surface area contributed by atoms with E-state index in [0.717, 1.165) is 31.5 Å². The number of benzene rings is 2. The van der Waals surface area contributed by atoms with Crippen LogP contribution >= 0.6 is 0 Å². The van der Waals surface area contributed by atoms with Crippen molar-refractivity contribution < 1.29 is 18.7 Å². The SMILES string of the molecule is COc1cc(-c2nn(C3CCNCC3)c3ncnc(N)c23)ccc1NC(=O)c1cc2cc(NC(C)=O)ccc2o1. The lowest BCUT2D eigenvalue weighted by Gasteiger charge is -2.23. The fourth-order valence-electron chi connectivity index (χ4n) is 5.07. The maximum atomic E-state index is 13.1. The molecule has 4 heterocycles. The molecule has 1 aliphatic rings. The van der Waals surface area contributed by atoms with Gasteiger partial charge in [-0.3, -0.25) is 9.59 Å². The zero-order chi connectivity index (χ0) is 27.8. The molecular formula is C28H28N8O4. The number of nitrogen functional groups attached to an aromatic ring is 1. The van der Waals surface area contributed by atoms with Crippen molar-refractivity contribution in [1.82, 2.24) is 25.1 Å². The van der Waals surface area contributed by atoms with E-state index in [4.69, 9.17) is 20.0 Å². The number of hydrogen-bond acceptors (Lipinski definition) is 9. The summed E-state index contributed by atoms with van der Waals surface area (Å²) in [7, 11) is 1.53. The van der Waals surface area contributed by atoms with Gasteiger partial charge < -0.3 is 30.8 Å². The van der Waals surface area contributed by atoms with E-state index in [0.29, 0.717) is 50.6 Å². The second-order valence-electron chi connectivity index (χ2n) is 9.65. The summed E-state index contributed by atoms with van der Waals surface area (Å²) < 4.78 is 13.3. The van der Waals surface area contributed by atoms with Gasteiger partial charge in [-0.05, 0) is 62.3 Å². The van der Waals surface area contributed by atoms with Crippen LogP contribution in [0.4, 0.5) is 17.2 Å². The minimum atomic E-state index is -0.443. The maximum absolute atomic E-state index is 13.1. The van der Waals surface area contributed by atoms with Crippen molar-refractivity contribution in [1.29, 1.82) is 0 Å². The summed E-state index contributed by atoms with van der Waals surface area (Å²) in [6.07, 6.45) is 3.33. The van der Waals surface area contributed by atoms with Crippen LogP contribution in [-0.2, 0) is 4.79 Å². The molecule has 5 aromatic rings. The van der Waals surface area contributed by atoms with Gasteiger partial charge in [0.15, 0.2) is 11.4 Å². The fraction of sp³-hybridized carbons (Fsp3) is 0.250. The molecule has 0 atom stereocenters. The topological polar surface area (TPSA) is 162 Å². The molecule has 0 aliphatic carbocycles. The Morgan fingerprint density at radius 2 is 1.93 bits per heavy atom. The molecular weight excluding hydrogens is 512 g/mol. The number of amides is 2. The van der Waals surface area contributed by atoms with Gasteiger partial charge in [-0.25, -0.2) is 14.6 Å². The predicted molar refractivity (Wildman–Crippen MR) is 151 cm³/mol. The summed E-state index contributed by atoms with van der Waals surface area (Å²) in [5.74, 6) is 0.287. The Morgan fingerprint density at radius 3 is 2.70 bits per heavy atom. The molecule has 0 radical (unpaired) electrons. The highest BCUT2D eigenvalue weighted by atomic mass is 16.5. The van der Waals surface area contributed by atoms with E-state index >= 15 is 0 Å². The first-order chi connectivity index (χ1) is 19.4. The molecule has 1 saturated heterocycles. The zero-order valence-corrected chi connectivity index (χ0v) is 22.0. The molecule has 5 N–H and O–H groups in total. The highest BCUT2D eigenvalue weighted by Crippen LogP contribution is 2.37. The average Bonchev–Trinajstić information content (AvgIpc) is 3.56. The van der Waals surface area contributed by atoms with E-state index in [1.165, 1.54) is 20.4 Å². The molecule has 0 bridgehead atoms. The van der Waals surface area contributed by atoms with Crippen LogP contribution in [0.25, 0.3) is 33.3 Å². The van der Waals surface area contributed by atoms with Crippen molar-refractivity contribution in [2.45, 2.75) is 25.8 Å². The predicted octanol–water partition coefficient (Wildman–Crippen LogP) is 3.97. The highest BCUT2D eigenvalue weighted by molar-refractivity contribution is 6.06. The van der Waals surface area contributed by atoms with E-state index in [-0.39, 0.29) is 17.7 Å². The number of rotatable bonds is 6. The molecule has 2 amide bonds. The first kappa shape index (κ1) is 25.3. The lowest BCUT2D eigenvalue weighted by molar-refractivity contribution is -0.114. The summed E-state index contributed by atoms with van der Waals surface area (Å²) in [6, 6.07) is 12.4. The monoisotopic (exact) mass is 540 g/mol. The van der Waals surface area contributed by atoms with Gasteiger partial charge in [0.05, 0.1) is 24.2 Å². The van der Waals surface area contributed by atoms with Crippen LogP contribution in [0, 0.1) is 0 Å². The molecule has 40 heavy (non-hydrogen) atoms. The van der Waals surface area contributed by atoms with Gasteiger partial charge in [-0.1, -0.05) is 6.07 Å². The van der Waals surface area contributed by atoms with Crippen molar-refractivity contribution in [3.8, 4) is 17.0 Å². The number of methoxy groups -OCH3 is 1. The maximum Gasteiger partial charge on any atom is 0.291 e. The van der Waals surface area contributed by atoms with Crippen LogP contribution in [0.15, 0.2) is 53.2 Å². The lowest BCUT2D eigenvalue weighted by Crippen LogP contribution is -2.30. The van der Waals surface area contributed by atoms with Gasteiger partial charge in [0.25, 0.3) is 5.91 Å². The van der Waals surface area contributed by atoms with Crippen LogP contribution < -0.4 is 26.4 Å². The largest absolute Gasteiger partial charge is 0.495 e. The van der Waals surface area contributed by atoms with Crippen LogP contribution in [0.5, 0.6) is 5.75 Å². The van der Waals surface area contributed by atoms with Crippen molar-refractivity contribution in [2.24, 2.45) is 0 Å². The number of carbonyl (C=O) groups is 2. The summed E-state index contributed by atoms with van der Waals surface area (Å²) in [6.45, 7) is 3.25. The Kier molecular flexibility index (Phi) is 6.52. The number of carbonyl (C=O) groups excluding carboxylic acids is 2. The van der Waals surface area contributed by atoms with Gasteiger partial charge in [-0.2, -0.15) is 5.10 Å². The number of furan rings is 1. The third-order valence-corrected chi connectivity index (χ3v) is 6.96. The summed E-state index contributed by atoms with van der Waals surface area (Å²) in [5.41, 5.74) is 9.99. The van der Waals surface area contributed by atoms with Crippen LogP contribution in [0.1, 0.15) is 36.4 Å². The van der Waals surface area contributed by atoms with E-state index in [2.05, 4.69) is 25.9 Å². The molecule has 6 rings (SSSR count). The summed E-state index contributed by atoms with van der Waals surface area (Å²) in [4.78, 5) is 33.2. The number of nitrogens with one attached hydrogen (secondary N) is 3. The smallest absolute Gasteiger partial charge is 0.291 e. The zero-order valence-electron chi connectivity index (χ0n) is 22.0. The van der Waals surface area contributed by atoms with Crippen LogP contribution in [-0.4, -0.2) is 51.8 Å². The third-order valence-electron chi connectivity index (χ3n) is 6.96. The van der Waals surface area contributed by atoms with E-state index in [9.17, 15) is 9.59 Å². The Balaban J connectivity index is 1.31. The van der Waals surface area contributed by atoms with E-state index in [1.807, 2.05) is 10.7 Å². The molecule has 12 nitrogen and oxygen atoms in total. The van der Waals surface area contributed by atoms with Crippen LogP contribution in [0.2, 0.25) is 0 Å². The van der Waals surface area contributed by atoms with Gasteiger partial charge in [0.2, 0.25) is 5.91 Å². The molecule has 1 aliphatic heterocycles. The Labute approximate surface area is 228 Å². The van der Waals surface area contributed by atoms with E-state index < -0.39 is 5.91 Å². The van der Waals surface area contributed by atoms with Crippen LogP contribution in [0.3, 0.4) is 0 Å². The molecule has 12 heteroatoms. The number of ether oxygens (including phenoxy) is 1. The second kappa shape index (κ2) is 10.3. The van der Waals surface area contributed by atoms with Crippen molar-refractivity contribution in [3.63, 3.8) is 0 Å². The number of aromatic nitrogens is 4. The van der Waals surface area contributed by atoms with Gasteiger partial charge in [-0.15, -0.1) is 0 Å². The number of hydrogen-bond donors (Lipinski definition) is 4. The Bertz CT molecular complexity index is 1750. The quantitative estimate of drug-likeness (QED) is 0.250. The Hall–Kier alpha value is -4.97. The standard InChI is InChI=1S/C28H28N8O4/c1-15(37)33-18-4-6-21-17(11-18)13-23(40-21)28(38)34-20-5-3-16(12-22(20)39-2)25-24-26(29)31-14-32-27(24)36(35-25)19-7-9-30-10-8-19/h3-6,11-14,19,30H,7-10H2,1-2H3,(H,33,37)(H,34,38)(H2,29,31,32). The first-order valence-corrected chi connectivity index (χ1v) is 12.9. The van der Waals surface area contributed by atoms with Crippen molar-refractivity contribution in [3.05, 3.63) is 54.6 Å². The minimum absolute atomic E-state index is 0.123. The fourth-order valence-corrected chi connectivity index (χ4v) is 5.07. The van der Waals surface area contributed by atoms with Gasteiger partial charge >= 0.3 is 0 Å². The average molecular weight is 541 g/mol. The highest BCUT2D eigenvalue weighted by Gasteiger charge is 2.24. The lowest BCUT2D eigenvalue weighted by atomic mass is 10.1. The molecule has 2 aromatic carbocycles. The summed E-state index contributed by atoms with van der Waals surface area (Å²) >= 11 is 0. The molecule has 3 aromatic heterocycles. The first-order valence-electron chi connectivity index (χ1n) is 12.9. The number of nitrogens with zero attached hydrogens (tertiary/aromatic N) is 4. The summed E-state index contributed by atoms with van der Waals surface area (Å²) in [5, 5.41) is 15.3. The molecule has 0 saturated carbocycles. The normalized spacial score (nSPS) is 13.9. The molecule has 0 unspecified atom stereocenters. The number of piperidine rings is 1. The van der Waals surface area contributed by atoms with Gasteiger partial charge in [0, 0.05) is 23.6 Å². The van der Waals surface area contributed by atoms with Crippen molar-refractivity contribution in [2.75, 3.05) is 36.6 Å². The number of anilines is 3. The number of nitrogens with two attached hydrogens (primary N) is 1. The van der Waals surface area contributed by atoms with Crippen molar-refractivity contribution >= 4 is 51.0 Å². The molecule has 0 spiro atoms. The number of fused-ring (bicyclic) bond motifs is 2. The molecule has 204 valence electrons. The Morgan fingerprint density at radius 1 is 1.10 bits per heavy atom. The third kappa shape index (κ3) is 4.69. The van der Waals surface area contributed by atoms with E-state index in [1.54, 1.807) is 36.4 Å². The van der Waals surface area contributed by atoms with Gasteiger partial charge in [0.1, 0.15) is 29.2 Å². The minimum Gasteiger partial charge on any atom is -0.495 e. The molecule has 1 fully saturated rings. The second-order valence-corrected chi connectivity index (χ2v) is 9.65.